The quantitative estimate of drug-likeness (QED) is 0.301. The second kappa shape index (κ2) is 10.3. The van der Waals surface area contributed by atoms with E-state index in [0.717, 1.165) is 47.2 Å². The van der Waals surface area contributed by atoms with E-state index in [1.165, 1.54) is 17.5 Å². The molecule has 4 aromatic rings. The van der Waals surface area contributed by atoms with E-state index < -0.39 is 0 Å². The molecule has 9 heteroatoms. The van der Waals surface area contributed by atoms with Crippen LogP contribution >= 0.6 is 22.9 Å². The summed E-state index contributed by atoms with van der Waals surface area (Å²) in [5.74, 6) is 0.644. The van der Waals surface area contributed by atoms with Crippen LogP contribution in [-0.4, -0.2) is 33.8 Å². The number of Topliss-reactive ketones (excluding diaryl/α,β-unsaturated/α-hetero) is 1. The zero-order valence-corrected chi connectivity index (χ0v) is 21.6. The Morgan fingerprint density at radius 3 is 2.83 bits per heavy atom. The lowest BCUT2D eigenvalue weighted by Crippen LogP contribution is -2.20. The van der Waals surface area contributed by atoms with Crippen molar-refractivity contribution in [2.24, 2.45) is 5.92 Å². The lowest BCUT2D eigenvalue weighted by atomic mass is 9.84. The molecule has 1 fully saturated rings. The topological polar surface area (TPSA) is 94.1 Å². The molecular formula is C27H25ClN4O3S. The summed E-state index contributed by atoms with van der Waals surface area (Å²) in [7, 11) is 1.54. The molecule has 1 N–H and O–H groups in total. The van der Waals surface area contributed by atoms with Crippen molar-refractivity contribution in [2.75, 3.05) is 12.4 Å². The zero-order valence-electron chi connectivity index (χ0n) is 20.0. The lowest BCUT2D eigenvalue weighted by Gasteiger charge is -2.20. The van der Waals surface area contributed by atoms with Gasteiger partial charge in [-0.2, -0.15) is 0 Å². The number of ketones is 1. The van der Waals surface area contributed by atoms with Crippen LogP contribution in [-0.2, 0) is 11.2 Å². The van der Waals surface area contributed by atoms with Crippen LogP contribution in [0.5, 0.6) is 5.75 Å². The predicted octanol–water partition coefficient (Wildman–Crippen LogP) is 6.28. The molecule has 0 saturated heterocycles. The Labute approximate surface area is 217 Å². The first kappa shape index (κ1) is 24.3. The molecule has 0 spiro atoms. The average molecular weight is 521 g/mol. The van der Waals surface area contributed by atoms with Gasteiger partial charge in [0.1, 0.15) is 16.7 Å². The molecule has 184 valence electrons. The third-order valence-corrected chi connectivity index (χ3v) is 7.61. The molecule has 7 nitrogen and oxygen atoms in total. The minimum Gasteiger partial charge on any atom is -0.494 e. The number of aryl methyl sites for hydroxylation is 1. The number of pyridine rings is 2. The van der Waals surface area contributed by atoms with Crippen molar-refractivity contribution < 1.29 is 14.3 Å². The smallest absolute Gasteiger partial charge is 0.259 e. The van der Waals surface area contributed by atoms with Crippen LogP contribution in [0.2, 0.25) is 5.15 Å². The standard InChI is InChI=1S/C27H25ClN4O3S/c1-15-9-18(19-12-25(28)30-14-23(19)35-2)20(13-29-15)26(34)32-27-31-21-8-7-16(11-24(21)36-27)10-17-5-3-4-6-22(17)33/h7-9,11-14,17H,3-6,10H2,1-2H3,(H,31,32,34). The Bertz CT molecular complexity index is 1470. The Hall–Kier alpha value is -3.36. The maximum atomic E-state index is 13.3. The van der Waals surface area contributed by atoms with Crippen molar-refractivity contribution in [3.05, 3.63) is 64.7 Å². The summed E-state index contributed by atoms with van der Waals surface area (Å²) < 4.78 is 6.42. The molecule has 5 rings (SSSR count). The second-order valence-corrected chi connectivity index (χ2v) is 10.4. The van der Waals surface area contributed by atoms with E-state index in [1.807, 2.05) is 25.1 Å². The number of carbonyl (C=O) groups is 2. The van der Waals surface area contributed by atoms with E-state index in [0.29, 0.717) is 44.9 Å². The summed E-state index contributed by atoms with van der Waals surface area (Å²) >= 11 is 7.55. The molecule has 0 aliphatic heterocycles. The fourth-order valence-corrected chi connectivity index (χ4v) is 5.71. The molecule has 1 saturated carbocycles. The third-order valence-electron chi connectivity index (χ3n) is 6.47. The number of nitrogens with zero attached hydrogens (tertiary/aromatic N) is 3. The lowest BCUT2D eigenvalue weighted by molar-refractivity contribution is -0.124. The number of thiazole rings is 1. The fourth-order valence-electron chi connectivity index (χ4n) is 4.62. The van der Waals surface area contributed by atoms with Crippen molar-refractivity contribution in [3.8, 4) is 16.9 Å². The number of rotatable bonds is 6. The van der Waals surface area contributed by atoms with Gasteiger partial charge in [-0.1, -0.05) is 35.4 Å². The summed E-state index contributed by atoms with van der Waals surface area (Å²) in [4.78, 5) is 38.6. The highest BCUT2D eigenvalue weighted by atomic mass is 35.5. The van der Waals surface area contributed by atoms with Gasteiger partial charge in [0.2, 0.25) is 0 Å². The summed E-state index contributed by atoms with van der Waals surface area (Å²) in [6, 6.07) is 9.54. The van der Waals surface area contributed by atoms with E-state index in [-0.39, 0.29) is 11.8 Å². The van der Waals surface area contributed by atoms with Gasteiger partial charge in [0, 0.05) is 35.4 Å². The molecule has 1 aliphatic carbocycles. The molecule has 1 aromatic carbocycles. The maximum Gasteiger partial charge on any atom is 0.259 e. The Morgan fingerprint density at radius 2 is 2.03 bits per heavy atom. The minimum atomic E-state index is -0.334. The SMILES string of the molecule is COc1cnc(Cl)cc1-c1cc(C)ncc1C(=O)Nc1nc2ccc(CC3CCCCC3=O)cc2s1. The number of fused-ring (bicyclic) bond motifs is 1. The molecule has 1 amide bonds. The van der Waals surface area contributed by atoms with Crippen molar-refractivity contribution in [1.29, 1.82) is 0 Å². The van der Waals surface area contributed by atoms with E-state index in [9.17, 15) is 9.59 Å². The molecule has 1 atom stereocenters. The van der Waals surface area contributed by atoms with Gasteiger partial charge in [-0.3, -0.25) is 19.9 Å². The second-order valence-electron chi connectivity index (χ2n) is 8.97. The van der Waals surface area contributed by atoms with E-state index >= 15 is 0 Å². The number of anilines is 1. The number of aromatic nitrogens is 3. The highest BCUT2D eigenvalue weighted by Gasteiger charge is 2.23. The molecule has 36 heavy (non-hydrogen) atoms. The molecule has 1 aliphatic rings. The van der Waals surface area contributed by atoms with Gasteiger partial charge < -0.3 is 4.74 Å². The van der Waals surface area contributed by atoms with Crippen molar-refractivity contribution >= 4 is 50.0 Å². The number of hydrogen-bond donors (Lipinski definition) is 1. The largest absolute Gasteiger partial charge is 0.494 e. The van der Waals surface area contributed by atoms with Crippen LogP contribution in [0.25, 0.3) is 21.3 Å². The number of carbonyl (C=O) groups excluding carboxylic acids is 2. The highest BCUT2D eigenvalue weighted by molar-refractivity contribution is 7.22. The van der Waals surface area contributed by atoms with Crippen molar-refractivity contribution in [2.45, 2.75) is 39.0 Å². The van der Waals surface area contributed by atoms with Gasteiger partial charge in [0.15, 0.2) is 5.13 Å². The van der Waals surface area contributed by atoms with Gasteiger partial charge in [-0.05, 0) is 56.0 Å². The highest BCUT2D eigenvalue weighted by Crippen LogP contribution is 2.35. The van der Waals surface area contributed by atoms with Gasteiger partial charge in [0.05, 0.1) is 29.1 Å². The normalized spacial score (nSPS) is 15.8. The number of methoxy groups -OCH3 is 1. The molecule has 3 heterocycles. The van der Waals surface area contributed by atoms with Crippen LogP contribution in [0.4, 0.5) is 5.13 Å². The van der Waals surface area contributed by atoms with Crippen LogP contribution in [0.1, 0.15) is 47.3 Å². The average Bonchev–Trinajstić information content (AvgIpc) is 3.26. The zero-order chi connectivity index (χ0) is 25.2. The summed E-state index contributed by atoms with van der Waals surface area (Å²) in [5, 5.41) is 3.71. The molecule has 3 aromatic heterocycles. The van der Waals surface area contributed by atoms with E-state index in [4.69, 9.17) is 16.3 Å². The molecule has 1 unspecified atom stereocenters. The number of hydrogen-bond acceptors (Lipinski definition) is 7. The monoisotopic (exact) mass is 520 g/mol. The first-order valence-electron chi connectivity index (χ1n) is 11.8. The van der Waals surface area contributed by atoms with Crippen LogP contribution in [0.3, 0.4) is 0 Å². The number of halogens is 1. The van der Waals surface area contributed by atoms with Crippen LogP contribution < -0.4 is 10.1 Å². The molecular weight excluding hydrogens is 496 g/mol. The summed E-state index contributed by atoms with van der Waals surface area (Å²) in [5.41, 5.74) is 4.34. The van der Waals surface area contributed by atoms with Gasteiger partial charge in [-0.25, -0.2) is 9.97 Å². The number of benzene rings is 1. The van der Waals surface area contributed by atoms with Gasteiger partial charge in [0.25, 0.3) is 5.91 Å². The number of ether oxygens (including phenoxy) is 1. The van der Waals surface area contributed by atoms with Crippen molar-refractivity contribution in [1.82, 2.24) is 15.0 Å². The van der Waals surface area contributed by atoms with E-state index in [1.54, 1.807) is 19.4 Å². The number of nitrogens with one attached hydrogen (secondary N) is 1. The minimum absolute atomic E-state index is 0.106. The maximum absolute atomic E-state index is 13.3. The Morgan fingerprint density at radius 1 is 1.17 bits per heavy atom. The van der Waals surface area contributed by atoms with Gasteiger partial charge in [-0.15, -0.1) is 0 Å². The number of amides is 1. The van der Waals surface area contributed by atoms with E-state index in [2.05, 4.69) is 26.3 Å². The summed E-state index contributed by atoms with van der Waals surface area (Å²) in [6.45, 7) is 1.85. The molecule has 0 radical (unpaired) electrons. The molecule has 0 bridgehead atoms. The first-order valence-corrected chi connectivity index (χ1v) is 13.0. The Balaban J connectivity index is 1.41. The van der Waals surface area contributed by atoms with Crippen molar-refractivity contribution in [3.63, 3.8) is 0 Å². The Kier molecular flexibility index (Phi) is 6.98. The van der Waals surface area contributed by atoms with Crippen LogP contribution in [0, 0.1) is 12.8 Å². The fraction of sp³-hybridized carbons (Fsp3) is 0.296. The van der Waals surface area contributed by atoms with Gasteiger partial charge >= 0.3 is 0 Å². The van der Waals surface area contributed by atoms with Crippen LogP contribution in [0.15, 0.2) is 42.7 Å². The first-order chi connectivity index (χ1) is 17.4. The predicted molar refractivity (Wildman–Crippen MR) is 142 cm³/mol. The third kappa shape index (κ3) is 5.10. The summed E-state index contributed by atoms with van der Waals surface area (Å²) in [6.07, 6.45) is 7.59.